The van der Waals surface area contributed by atoms with E-state index in [1.165, 1.54) is 6.42 Å². The largest absolute Gasteiger partial charge is 0.381 e. The molecule has 1 saturated carbocycles. The molecule has 1 aliphatic carbocycles. The molecule has 7 heteroatoms. The fourth-order valence-electron chi connectivity index (χ4n) is 3.08. The van der Waals surface area contributed by atoms with E-state index in [1.807, 2.05) is 4.52 Å². The van der Waals surface area contributed by atoms with E-state index in [4.69, 9.17) is 15.6 Å². The minimum atomic E-state index is 0.252. The Hall–Kier alpha value is -1.05. The van der Waals surface area contributed by atoms with Crippen molar-refractivity contribution in [2.45, 2.75) is 43.6 Å². The van der Waals surface area contributed by atoms with Crippen LogP contribution in [-0.2, 0) is 4.74 Å². The Balaban J connectivity index is 1.71. The number of fused-ring (bicyclic) bond motifs is 1. The Morgan fingerprint density at radius 1 is 1.26 bits per heavy atom. The van der Waals surface area contributed by atoms with Gasteiger partial charge in [-0.05, 0) is 19.3 Å². The molecular weight excluding hydrogens is 262 g/mol. The van der Waals surface area contributed by atoms with Gasteiger partial charge in [-0.2, -0.15) is 9.61 Å². The van der Waals surface area contributed by atoms with Crippen molar-refractivity contribution >= 4 is 16.3 Å². The van der Waals surface area contributed by atoms with Crippen LogP contribution in [-0.4, -0.2) is 39.1 Å². The summed E-state index contributed by atoms with van der Waals surface area (Å²) in [7, 11) is 0. The zero-order valence-corrected chi connectivity index (χ0v) is 11.5. The third kappa shape index (κ3) is 1.87. The predicted molar refractivity (Wildman–Crippen MR) is 71.4 cm³/mol. The molecule has 2 aliphatic rings. The normalized spacial score (nSPS) is 31.5. The summed E-state index contributed by atoms with van der Waals surface area (Å²) in [6.45, 7) is 1.54. The SMILES string of the molecule is NC1CCCC1c1nn2c(C3CCOC3)nnc2s1. The van der Waals surface area contributed by atoms with Gasteiger partial charge in [0.05, 0.1) is 6.61 Å². The van der Waals surface area contributed by atoms with Crippen LogP contribution in [0.4, 0.5) is 0 Å². The van der Waals surface area contributed by atoms with Gasteiger partial charge in [0.1, 0.15) is 5.01 Å². The first-order valence-corrected chi connectivity index (χ1v) is 7.70. The molecule has 3 atom stereocenters. The highest BCUT2D eigenvalue weighted by Crippen LogP contribution is 2.36. The van der Waals surface area contributed by atoms with Gasteiger partial charge >= 0.3 is 0 Å². The van der Waals surface area contributed by atoms with Crippen molar-refractivity contribution < 1.29 is 4.74 Å². The topological polar surface area (TPSA) is 78.3 Å². The second-order valence-corrected chi connectivity index (χ2v) is 6.44. The molecule has 3 unspecified atom stereocenters. The Bertz CT molecular complexity index is 588. The molecule has 2 aromatic rings. The molecule has 4 rings (SSSR count). The summed E-state index contributed by atoms with van der Waals surface area (Å²) < 4.78 is 7.34. The van der Waals surface area contributed by atoms with Gasteiger partial charge < -0.3 is 10.5 Å². The maximum absolute atomic E-state index is 6.16. The molecule has 19 heavy (non-hydrogen) atoms. The lowest BCUT2D eigenvalue weighted by Crippen LogP contribution is -2.22. The lowest BCUT2D eigenvalue weighted by atomic mass is 10.1. The number of aromatic nitrogens is 4. The molecule has 6 nitrogen and oxygen atoms in total. The number of nitrogens with zero attached hydrogens (tertiary/aromatic N) is 4. The van der Waals surface area contributed by atoms with Gasteiger partial charge in [0.15, 0.2) is 5.82 Å². The number of nitrogens with two attached hydrogens (primary N) is 1. The summed E-state index contributed by atoms with van der Waals surface area (Å²) >= 11 is 1.64. The number of hydrogen-bond donors (Lipinski definition) is 1. The van der Waals surface area contributed by atoms with E-state index in [-0.39, 0.29) is 6.04 Å². The molecular formula is C12H17N5OS. The van der Waals surface area contributed by atoms with Crippen LogP contribution in [0.5, 0.6) is 0 Å². The maximum atomic E-state index is 6.16. The third-order valence-electron chi connectivity index (χ3n) is 4.21. The Morgan fingerprint density at radius 3 is 2.95 bits per heavy atom. The van der Waals surface area contributed by atoms with Gasteiger partial charge in [-0.3, -0.25) is 0 Å². The Morgan fingerprint density at radius 2 is 2.21 bits per heavy atom. The molecule has 0 aromatic carbocycles. The standard InChI is InChI=1S/C12H17N5OS/c13-9-3-1-2-8(9)11-16-17-10(7-4-5-18-6-7)14-15-12(17)19-11/h7-9H,1-6,13H2. The van der Waals surface area contributed by atoms with E-state index in [2.05, 4.69) is 10.2 Å². The fourth-order valence-corrected chi connectivity index (χ4v) is 4.14. The van der Waals surface area contributed by atoms with Crippen LogP contribution in [0.25, 0.3) is 4.96 Å². The number of rotatable bonds is 2. The fraction of sp³-hybridized carbons (Fsp3) is 0.750. The molecule has 1 aliphatic heterocycles. The van der Waals surface area contributed by atoms with Gasteiger partial charge in [0, 0.05) is 24.5 Å². The van der Waals surface area contributed by atoms with Gasteiger partial charge in [0.25, 0.3) is 0 Å². The van der Waals surface area contributed by atoms with Crippen LogP contribution in [0.2, 0.25) is 0 Å². The minimum absolute atomic E-state index is 0.252. The molecule has 0 spiro atoms. The molecule has 3 heterocycles. The maximum Gasteiger partial charge on any atom is 0.234 e. The highest BCUT2D eigenvalue weighted by atomic mass is 32.1. The predicted octanol–water partition coefficient (Wildman–Crippen LogP) is 1.28. The number of ether oxygens (including phenoxy) is 1. The summed E-state index contributed by atoms with van der Waals surface area (Å²) in [5.74, 6) is 1.68. The molecule has 2 N–H and O–H groups in total. The highest BCUT2D eigenvalue weighted by molar-refractivity contribution is 7.16. The van der Waals surface area contributed by atoms with Crippen molar-refractivity contribution in [3.05, 3.63) is 10.8 Å². The number of hydrogen-bond acceptors (Lipinski definition) is 6. The van der Waals surface area contributed by atoms with Crippen molar-refractivity contribution in [2.24, 2.45) is 5.73 Å². The molecule has 102 valence electrons. The first-order chi connectivity index (χ1) is 9.33. The Labute approximate surface area is 115 Å². The van der Waals surface area contributed by atoms with Crippen LogP contribution >= 0.6 is 11.3 Å². The molecule has 0 bridgehead atoms. The first kappa shape index (κ1) is 11.7. The van der Waals surface area contributed by atoms with E-state index in [9.17, 15) is 0 Å². The average molecular weight is 279 g/mol. The van der Waals surface area contributed by atoms with Crippen LogP contribution < -0.4 is 5.73 Å². The monoisotopic (exact) mass is 279 g/mol. The van der Waals surface area contributed by atoms with E-state index in [0.29, 0.717) is 11.8 Å². The van der Waals surface area contributed by atoms with Crippen molar-refractivity contribution in [3.63, 3.8) is 0 Å². The molecule has 0 radical (unpaired) electrons. The van der Waals surface area contributed by atoms with Crippen LogP contribution in [0, 0.1) is 0 Å². The first-order valence-electron chi connectivity index (χ1n) is 6.88. The second kappa shape index (κ2) is 4.50. The van der Waals surface area contributed by atoms with E-state index in [0.717, 1.165) is 48.3 Å². The van der Waals surface area contributed by atoms with Crippen molar-refractivity contribution in [3.8, 4) is 0 Å². The van der Waals surface area contributed by atoms with Gasteiger partial charge in [-0.25, -0.2) is 0 Å². The quantitative estimate of drug-likeness (QED) is 0.896. The van der Waals surface area contributed by atoms with Gasteiger partial charge in [0.2, 0.25) is 4.96 Å². The molecule has 2 aromatic heterocycles. The smallest absolute Gasteiger partial charge is 0.234 e. The van der Waals surface area contributed by atoms with E-state index in [1.54, 1.807) is 11.3 Å². The highest BCUT2D eigenvalue weighted by Gasteiger charge is 2.30. The second-order valence-electron chi connectivity index (χ2n) is 5.45. The molecule has 0 amide bonds. The van der Waals surface area contributed by atoms with E-state index < -0.39 is 0 Å². The minimum Gasteiger partial charge on any atom is -0.381 e. The van der Waals surface area contributed by atoms with Crippen molar-refractivity contribution in [1.29, 1.82) is 0 Å². The molecule has 1 saturated heterocycles. The Kier molecular flexibility index (Phi) is 2.78. The lowest BCUT2D eigenvalue weighted by molar-refractivity contribution is 0.193. The summed E-state index contributed by atoms with van der Waals surface area (Å²) in [6.07, 6.45) is 4.47. The summed E-state index contributed by atoms with van der Waals surface area (Å²) in [6, 6.07) is 0.252. The van der Waals surface area contributed by atoms with Crippen LogP contribution in [0.1, 0.15) is 48.4 Å². The van der Waals surface area contributed by atoms with Crippen LogP contribution in [0.15, 0.2) is 0 Å². The van der Waals surface area contributed by atoms with Gasteiger partial charge in [-0.1, -0.05) is 17.8 Å². The zero-order valence-electron chi connectivity index (χ0n) is 10.7. The summed E-state index contributed by atoms with van der Waals surface area (Å²) in [5.41, 5.74) is 6.16. The van der Waals surface area contributed by atoms with Crippen LogP contribution in [0.3, 0.4) is 0 Å². The van der Waals surface area contributed by atoms with Gasteiger partial charge in [-0.15, -0.1) is 10.2 Å². The molecule has 2 fully saturated rings. The van der Waals surface area contributed by atoms with Crippen molar-refractivity contribution in [1.82, 2.24) is 19.8 Å². The summed E-state index contributed by atoms with van der Waals surface area (Å²) in [5, 5.41) is 14.4. The lowest BCUT2D eigenvalue weighted by Gasteiger charge is -2.10. The van der Waals surface area contributed by atoms with Crippen molar-refractivity contribution in [2.75, 3.05) is 13.2 Å². The zero-order chi connectivity index (χ0) is 12.8. The third-order valence-corrected chi connectivity index (χ3v) is 5.24. The van der Waals surface area contributed by atoms with E-state index >= 15 is 0 Å². The summed E-state index contributed by atoms with van der Waals surface area (Å²) in [4.78, 5) is 0.885. The average Bonchev–Trinajstić information content (AvgIpc) is 3.10.